The molecule has 2 N–H and O–H groups in total. The van der Waals surface area contributed by atoms with Crippen LogP contribution in [0.4, 0.5) is 13.2 Å². The topological polar surface area (TPSA) is 44.4 Å². The number of amides is 1. The molecule has 1 unspecified atom stereocenters. The minimum absolute atomic E-state index is 0.0461. The Morgan fingerprint density at radius 1 is 1.42 bits per heavy atom. The van der Waals surface area contributed by atoms with Gasteiger partial charge in [0, 0.05) is 26.1 Å². The van der Waals surface area contributed by atoms with Crippen molar-refractivity contribution in [2.75, 3.05) is 39.3 Å². The van der Waals surface area contributed by atoms with Gasteiger partial charge in [0.25, 0.3) is 0 Å². The predicted molar refractivity (Wildman–Crippen MR) is 66.8 cm³/mol. The van der Waals surface area contributed by atoms with E-state index in [9.17, 15) is 18.0 Å². The van der Waals surface area contributed by atoms with Gasteiger partial charge in [-0.2, -0.15) is 13.2 Å². The molecule has 1 aliphatic rings. The highest BCUT2D eigenvalue weighted by atomic mass is 19.4. The van der Waals surface area contributed by atoms with Crippen LogP contribution in [0.15, 0.2) is 0 Å². The van der Waals surface area contributed by atoms with Crippen molar-refractivity contribution in [3.8, 4) is 0 Å². The molecule has 1 saturated heterocycles. The molecule has 1 amide bonds. The first kappa shape index (κ1) is 16.2. The number of likely N-dealkylation sites (tertiary alicyclic amines) is 1. The average Bonchev–Trinajstić information content (AvgIpc) is 2.72. The molecule has 0 aliphatic carbocycles. The molecule has 0 saturated carbocycles. The lowest BCUT2D eigenvalue weighted by atomic mass is 10.1. The summed E-state index contributed by atoms with van der Waals surface area (Å²) < 4.78 is 36.6. The van der Waals surface area contributed by atoms with E-state index in [-0.39, 0.29) is 11.8 Å². The van der Waals surface area contributed by atoms with E-state index in [4.69, 9.17) is 0 Å². The van der Waals surface area contributed by atoms with Gasteiger partial charge in [0.2, 0.25) is 5.91 Å². The summed E-state index contributed by atoms with van der Waals surface area (Å²) in [6, 6.07) is 0. The van der Waals surface area contributed by atoms with Crippen molar-refractivity contribution in [1.29, 1.82) is 0 Å². The van der Waals surface area contributed by atoms with Crippen LogP contribution in [0.5, 0.6) is 0 Å². The molecule has 1 aliphatic heterocycles. The van der Waals surface area contributed by atoms with Crippen LogP contribution in [0.2, 0.25) is 0 Å². The van der Waals surface area contributed by atoms with E-state index in [0.717, 1.165) is 6.54 Å². The van der Waals surface area contributed by atoms with E-state index in [1.54, 1.807) is 0 Å². The Labute approximate surface area is 111 Å². The Bertz CT molecular complexity index is 284. The fourth-order valence-corrected chi connectivity index (χ4v) is 2.20. The maximum Gasteiger partial charge on any atom is 0.401 e. The summed E-state index contributed by atoms with van der Waals surface area (Å²) in [5, 5.41) is 5.83. The highest BCUT2D eigenvalue weighted by Gasteiger charge is 2.34. The molecule has 4 nitrogen and oxygen atoms in total. The summed E-state index contributed by atoms with van der Waals surface area (Å²) in [6.07, 6.45) is -3.01. The minimum atomic E-state index is -4.13. The van der Waals surface area contributed by atoms with Crippen molar-refractivity contribution in [1.82, 2.24) is 15.5 Å². The number of rotatable bonds is 7. The SMILES string of the molecule is CCNCCC(=O)NCC1CCN(CC(F)(F)F)C1. The summed E-state index contributed by atoms with van der Waals surface area (Å²) in [5.74, 6) is 0.0839. The summed E-state index contributed by atoms with van der Waals surface area (Å²) in [7, 11) is 0. The van der Waals surface area contributed by atoms with Gasteiger partial charge < -0.3 is 10.6 Å². The second-order valence-corrected chi connectivity index (χ2v) is 4.91. The summed E-state index contributed by atoms with van der Waals surface area (Å²) >= 11 is 0. The molecule has 112 valence electrons. The van der Waals surface area contributed by atoms with Gasteiger partial charge in [-0.15, -0.1) is 0 Å². The normalized spacial score (nSPS) is 20.7. The Kier molecular flexibility index (Phi) is 6.57. The lowest BCUT2D eigenvalue weighted by Crippen LogP contribution is -2.35. The number of nitrogens with zero attached hydrogens (tertiary/aromatic N) is 1. The molecule has 19 heavy (non-hydrogen) atoms. The van der Waals surface area contributed by atoms with Crippen LogP contribution in [0.25, 0.3) is 0 Å². The van der Waals surface area contributed by atoms with Gasteiger partial charge >= 0.3 is 6.18 Å². The molecule has 0 aromatic carbocycles. The molecule has 0 spiro atoms. The van der Waals surface area contributed by atoms with Crippen LogP contribution < -0.4 is 10.6 Å². The van der Waals surface area contributed by atoms with E-state index in [0.29, 0.717) is 39.0 Å². The molecule has 1 rings (SSSR count). The summed E-state index contributed by atoms with van der Waals surface area (Å²) in [5.41, 5.74) is 0. The lowest BCUT2D eigenvalue weighted by molar-refractivity contribution is -0.143. The molecule has 1 atom stereocenters. The Morgan fingerprint density at radius 3 is 2.79 bits per heavy atom. The van der Waals surface area contributed by atoms with E-state index in [1.807, 2.05) is 6.92 Å². The van der Waals surface area contributed by atoms with E-state index >= 15 is 0 Å². The third-order valence-corrected chi connectivity index (χ3v) is 3.14. The third-order valence-electron chi connectivity index (χ3n) is 3.14. The first-order valence-electron chi connectivity index (χ1n) is 6.67. The molecule has 1 fully saturated rings. The van der Waals surface area contributed by atoms with Crippen LogP contribution >= 0.6 is 0 Å². The number of hydrogen-bond acceptors (Lipinski definition) is 3. The number of carbonyl (C=O) groups excluding carboxylic acids is 1. The number of carbonyl (C=O) groups is 1. The van der Waals surface area contributed by atoms with Crippen molar-refractivity contribution < 1.29 is 18.0 Å². The molecule has 1 heterocycles. The van der Waals surface area contributed by atoms with Crippen LogP contribution in [-0.4, -0.2) is 56.3 Å². The molecule has 0 aromatic heterocycles. The fraction of sp³-hybridized carbons (Fsp3) is 0.917. The third kappa shape index (κ3) is 7.37. The van der Waals surface area contributed by atoms with Gasteiger partial charge in [-0.1, -0.05) is 6.92 Å². The minimum Gasteiger partial charge on any atom is -0.356 e. The molecule has 0 aromatic rings. The van der Waals surface area contributed by atoms with E-state index < -0.39 is 12.7 Å². The smallest absolute Gasteiger partial charge is 0.356 e. The average molecular weight is 281 g/mol. The van der Waals surface area contributed by atoms with Gasteiger partial charge in [-0.25, -0.2) is 0 Å². The zero-order chi connectivity index (χ0) is 14.3. The van der Waals surface area contributed by atoms with Crippen molar-refractivity contribution >= 4 is 5.91 Å². The first-order chi connectivity index (χ1) is 8.90. The molecular formula is C12H22F3N3O. The largest absolute Gasteiger partial charge is 0.401 e. The van der Waals surface area contributed by atoms with Crippen molar-refractivity contribution in [3.63, 3.8) is 0 Å². The summed E-state index contributed by atoms with van der Waals surface area (Å²) in [4.78, 5) is 12.8. The monoisotopic (exact) mass is 281 g/mol. The quantitative estimate of drug-likeness (QED) is 0.684. The van der Waals surface area contributed by atoms with Crippen molar-refractivity contribution in [2.45, 2.75) is 25.9 Å². The van der Waals surface area contributed by atoms with Crippen LogP contribution in [0.3, 0.4) is 0 Å². The number of nitrogens with one attached hydrogen (secondary N) is 2. The van der Waals surface area contributed by atoms with Crippen molar-refractivity contribution in [3.05, 3.63) is 0 Å². The zero-order valence-corrected chi connectivity index (χ0v) is 11.2. The van der Waals surface area contributed by atoms with E-state index in [1.165, 1.54) is 4.90 Å². The Hall–Kier alpha value is -0.820. The van der Waals surface area contributed by atoms with Crippen LogP contribution in [0.1, 0.15) is 19.8 Å². The van der Waals surface area contributed by atoms with Gasteiger partial charge in [0.15, 0.2) is 0 Å². The van der Waals surface area contributed by atoms with Crippen LogP contribution in [0, 0.1) is 5.92 Å². The van der Waals surface area contributed by atoms with Gasteiger partial charge in [-0.05, 0) is 25.4 Å². The molecule has 0 bridgehead atoms. The maximum atomic E-state index is 12.2. The van der Waals surface area contributed by atoms with Gasteiger partial charge in [0.1, 0.15) is 0 Å². The lowest BCUT2D eigenvalue weighted by Gasteiger charge is -2.18. The fourth-order valence-electron chi connectivity index (χ4n) is 2.20. The second kappa shape index (κ2) is 7.69. The van der Waals surface area contributed by atoms with Gasteiger partial charge in [-0.3, -0.25) is 9.69 Å². The second-order valence-electron chi connectivity index (χ2n) is 4.91. The van der Waals surface area contributed by atoms with Gasteiger partial charge in [0.05, 0.1) is 6.54 Å². The standard InChI is InChI=1S/C12H22F3N3O/c1-2-16-5-3-11(19)17-7-10-4-6-18(8-10)9-12(13,14)15/h10,16H,2-9H2,1H3,(H,17,19). The predicted octanol–water partition coefficient (Wildman–Crippen LogP) is 0.986. The van der Waals surface area contributed by atoms with Crippen LogP contribution in [-0.2, 0) is 4.79 Å². The zero-order valence-electron chi connectivity index (χ0n) is 11.2. The highest BCUT2D eigenvalue weighted by Crippen LogP contribution is 2.22. The number of hydrogen-bond donors (Lipinski definition) is 2. The molecule has 0 radical (unpaired) electrons. The molecule has 7 heteroatoms. The van der Waals surface area contributed by atoms with E-state index in [2.05, 4.69) is 10.6 Å². The number of alkyl halides is 3. The highest BCUT2D eigenvalue weighted by molar-refractivity contribution is 5.76. The van der Waals surface area contributed by atoms with Crippen molar-refractivity contribution in [2.24, 2.45) is 5.92 Å². The Morgan fingerprint density at radius 2 is 2.16 bits per heavy atom. The number of halogens is 3. The summed E-state index contributed by atoms with van der Waals surface area (Å²) in [6.45, 7) is 3.91. The molecular weight excluding hydrogens is 259 g/mol. The first-order valence-corrected chi connectivity index (χ1v) is 6.67. The Balaban J connectivity index is 2.13. The maximum absolute atomic E-state index is 12.2.